The van der Waals surface area contributed by atoms with Gasteiger partial charge in [0.25, 0.3) is 0 Å². The minimum Gasteiger partial charge on any atom is -0.339 e. The first-order chi connectivity index (χ1) is 11.2. The number of hydrogen-bond acceptors (Lipinski definition) is 5. The van der Waals surface area contributed by atoms with E-state index in [4.69, 9.17) is 11.6 Å². The Bertz CT molecular complexity index is 772. The second-order valence-corrected chi connectivity index (χ2v) is 5.41. The van der Waals surface area contributed by atoms with Crippen molar-refractivity contribution in [1.29, 1.82) is 0 Å². The highest BCUT2D eigenvalue weighted by Gasteiger charge is 2.02. The van der Waals surface area contributed by atoms with Gasteiger partial charge in [0.15, 0.2) is 5.82 Å². The van der Waals surface area contributed by atoms with Gasteiger partial charge in [-0.3, -0.25) is 0 Å². The fraction of sp³-hybridized carbons (Fsp3) is 0.118. The lowest BCUT2D eigenvalue weighted by atomic mass is 10.1. The molecule has 3 rings (SSSR count). The van der Waals surface area contributed by atoms with E-state index < -0.39 is 0 Å². The molecule has 0 unspecified atom stereocenters. The summed E-state index contributed by atoms with van der Waals surface area (Å²) in [6.07, 6.45) is 2.58. The topological polar surface area (TPSA) is 62.7 Å². The van der Waals surface area contributed by atoms with Gasteiger partial charge in [0.1, 0.15) is 0 Å². The zero-order chi connectivity index (χ0) is 16.1. The number of hydrogen-bond donors (Lipinski definition) is 2. The minimum atomic E-state index is 0.438. The first-order valence-corrected chi connectivity index (χ1v) is 7.69. The zero-order valence-corrected chi connectivity index (χ0v) is 13.4. The van der Waals surface area contributed by atoms with Gasteiger partial charge >= 0.3 is 0 Å². The molecule has 1 aromatic heterocycles. The van der Waals surface area contributed by atoms with E-state index in [9.17, 15) is 0 Å². The molecule has 1 heterocycles. The normalized spacial score (nSPS) is 10.3. The van der Waals surface area contributed by atoms with E-state index in [2.05, 4.69) is 44.9 Å². The molecular formula is C17H16ClN5. The second kappa shape index (κ2) is 7.07. The van der Waals surface area contributed by atoms with Crippen molar-refractivity contribution in [2.24, 2.45) is 0 Å². The van der Waals surface area contributed by atoms with Crippen molar-refractivity contribution in [2.45, 2.75) is 13.3 Å². The van der Waals surface area contributed by atoms with Crippen LogP contribution >= 0.6 is 11.6 Å². The van der Waals surface area contributed by atoms with Gasteiger partial charge in [-0.2, -0.15) is 10.1 Å². The summed E-state index contributed by atoms with van der Waals surface area (Å²) in [5.41, 5.74) is 3.09. The summed E-state index contributed by atoms with van der Waals surface area (Å²) in [5, 5.41) is 15.0. The Kier molecular flexibility index (Phi) is 4.68. The van der Waals surface area contributed by atoms with Crippen LogP contribution in [0.5, 0.6) is 0 Å². The van der Waals surface area contributed by atoms with Crippen LogP contribution in [0.15, 0.2) is 54.7 Å². The lowest BCUT2D eigenvalue weighted by Gasteiger charge is -2.08. The second-order valence-electron chi connectivity index (χ2n) is 4.97. The fourth-order valence-corrected chi connectivity index (χ4v) is 2.18. The van der Waals surface area contributed by atoms with E-state index in [1.807, 2.05) is 36.4 Å². The number of nitrogens with zero attached hydrogens (tertiary/aromatic N) is 3. The Morgan fingerprint density at radius 3 is 2.26 bits per heavy atom. The van der Waals surface area contributed by atoms with Crippen molar-refractivity contribution in [3.63, 3.8) is 0 Å². The average molecular weight is 326 g/mol. The van der Waals surface area contributed by atoms with Gasteiger partial charge in [-0.1, -0.05) is 30.7 Å². The molecule has 6 heteroatoms. The van der Waals surface area contributed by atoms with Crippen LogP contribution in [0, 0.1) is 0 Å². The molecule has 0 radical (unpaired) electrons. The number of halogens is 1. The van der Waals surface area contributed by atoms with Crippen LogP contribution in [-0.2, 0) is 6.42 Å². The van der Waals surface area contributed by atoms with E-state index in [1.54, 1.807) is 6.20 Å². The lowest BCUT2D eigenvalue weighted by molar-refractivity contribution is 0.982. The van der Waals surface area contributed by atoms with Crippen LogP contribution in [0.1, 0.15) is 12.5 Å². The van der Waals surface area contributed by atoms with Gasteiger partial charge < -0.3 is 10.6 Å². The number of aromatic nitrogens is 3. The molecule has 3 aromatic rings. The molecule has 0 aliphatic rings. The van der Waals surface area contributed by atoms with Crippen molar-refractivity contribution in [1.82, 2.24) is 15.2 Å². The summed E-state index contributed by atoms with van der Waals surface area (Å²) in [5.74, 6) is 1.04. The molecule has 0 aliphatic carbocycles. The third-order valence-electron chi connectivity index (χ3n) is 3.29. The molecule has 0 atom stereocenters. The van der Waals surface area contributed by atoms with Crippen molar-refractivity contribution in [3.05, 3.63) is 65.3 Å². The number of aryl methyl sites for hydroxylation is 1. The third-order valence-corrected chi connectivity index (χ3v) is 3.55. The van der Waals surface area contributed by atoms with E-state index in [1.165, 1.54) is 5.56 Å². The van der Waals surface area contributed by atoms with Crippen LogP contribution in [0.25, 0.3) is 0 Å². The lowest BCUT2D eigenvalue weighted by Crippen LogP contribution is -2.02. The Morgan fingerprint density at radius 1 is 0.913 bits per heavy atom. The van der Waals surface area contributed by atoms with E-state index >= 15 is 0 Å². The van der Waals surface area contributed by atoms with Crippen LogP contribution in [0.3, 0.4) is 0 Å². The average Bonchev–Trinajstić information content (AvgIpc) is 2.58. The summed E-state index contributed by atoms with van der Waals surface area (Å²) in [4.78, 5) is 4.40. The van der Waals surface area contributed by atoms with Crippen LogP contribution in [0.4, 0.5) is 23.1 Å². The molecule has 0 saturated carbocycles. The monoisotopic (exact) mass is 325 g/mol. The molecule has 0 spiro atoms. The van der Waals surface area contributed by atoms with Crippen molar-refractivity contribution < 1.29 is 0 Å². The maximum atomic E-state index is 5.88. The maximum absolute atomic E-state index is 5.88. The molecule has 0 aliphatic heterocycles. The van der Waals surface area contributed by atoms with Crippen LogP contribution in [-0.4, -0.2) is 15.2 Å². The molecule has 5 nitrogen and oxygen atoms in total. The SMILES string of the molecule is CCc1ccc(Nc2nncc(Nc3ccc(Cl)cc3)n2)cc1. The Balaban J connectivity index is 1.72. The summed E-state index contributed by atoms with van der Waals surface area (Å²) in [6, 6.07) is 15.5. The number of anilines is 4. The fourth-order valence-electron chi connectivity index (χ4n) is 2.05. The number of rotatable bonds is 5. The summed E-state index contributed by atoms with van der Waals surface area (Å²) in [7, 11) is 0. The first kappa shape index (κ1) is 15.2. The van der Waals surface area contributed by atoms with Gasteiger partial charge in [0, 0.05) is 16.4 Å². The van der Waals surface area contributed by atoms with Gasteiger partial charge in [-0.05, 0) is 48.4 Å². The van der Waals surface area contributed by atoms with Crippen molar-refractivity contribution in [3.8, 4) is 0 Å². The molecule has 0 amide bonds. The molecule has 2 N–H and O–H groups in total. The van der Waals surface area contributed by atoms with Gasteiger partial charge in [-0.25, -0.2) is 0 Å². The molecule has 0 saturated heterocycles. The maximum Gasteiger partial charge on any atom is 0.249 e. The standard InChI is InChI=1S/C17H16ClN5/c1-2-12-3-7-15(8-4-12)21-17-22-16(11-19-23-17)20-14-9-5-13(18)6-10-14/h3-11H,2H2,1H3,(H2,20,21,22,23). The summed E-state index contributed by atoms with van der Waals surface area (Å²) >= 11 is 5.88. The predicted molar refractivity (Wildman–Crippen MR) is 93.7 cm³/mol. The highest BCUT2D eigenvalue weighted by Crippen LogP contribution is 2.19. The van der Waals surface area contributed by atoms with Crippen molar-refractivity contribution in [2.75, 3.05) is 10.6 Å². The smallest absolute Gasteiger partial charge is 0.249 e. The largest absolute Gasteiger partial charge is 0.339 e. The van der Waals surface area contributed by atoms with Gasteiger partial charge in [-0.15, -0.1) is 5.10 Å². The highest BCUT2D eigenvalue weighted by atomic mass is 35.5. The number of benzene rings is 2. The molecule has 116 valence electrons. The quantitative estimate of drug-likeness (QED) is 0.719. The Labute approximate surface area is 139 Å². The molecule has 2 aromatic carbocycles. The molecule has 0 fully saturated rings. The minimum absolute atomic E-state index is 0.438. The van der Waals surface area contributed by atoms with Crippen LogP contribution < -0.4 is 10.6 Å². The van der Waals surface area contributed by atoms with E-state index in [0.29, 0.717) is 16.8 Å². The molecule has 23 heavy (non-hydrogen) atoms. The Morgan fingerprint density at radius 2 is 1.57 bits per heavy atom. The summed E-state index contributed by atoms with van der Waals surface area (Å²) < 4.78 is 0. The highest BCUT2D eigenvalue weighted by molar-refractivity contribution is 6.30. The zero-order valence-electron chi connectivity index (χ0n) is 12.6. The van der Waals surface area contributed by atoms with E-state index in [-0.39, 0.29) is 0 Å². The summed E-state index contributed by atoms with van der Waals surface area (Å²) in [6.45, 7) is 2.13. The van der Waals surface area contributed by atoms with Gasteiger partial charge in [0.05, 0.1) is 6.20 Å². The van der Waals surface area contributed by atoms with E-state index in [0.717, 1.165) is 17.8 Å². The molecular weight excluding hydrogens is 310 g/mol. The Hall–Kier alpha value is -2.66. The van der Waals surface area contributed by atoms with Crippen molar-refractivity contribution >= 4 is 34.7 Å². The predicted octanol–water partition coefficient (Wildman–Crippen LogP) is 4.57. The van der Waals surface area contributed by atoms with Gasteiger partial charge in [0.2, 0.25) is 5.95 Å². The third kappa shape index (κ3) is 4.17. The first-order valence-electron chi connectivity index (χ1n) is 7.31. The van der Waals surface area contributed by atoms with Crippen LogP contribution in [0.2, 0.25) is 5.02 Å². The number of nitrogens with one attached hydrogen (secondary N) is 2. The molecule has 0 bridgehead atoms.